The summed E-state index contributed by atoms with van der Waals surface area (Å²) in [6, 6.07) is 8.18. The number of ether oxygens (including phenoxy) is 1. The second-order valence-corrected chi connectivity index (χ2v) is 5.07. The Morgan fingerprint density at radius 3 is 3.12 bits per heavy atom. The zero-order valence-corrected chi connectivity index (χ0v) is 10.2. The number of fused-ring (bicyclic) bond motifs is 1. The molecule has 0 amide bonds. The molecule has 1 aromatic heterocycles. The number of nitrogen functional groups attached to an aromatic ring is 1. The number of benzene rings is 1. The summed E-state index contributed by atoms with van der Waals surface area (Å²) >= 11 is 1.68. The van der Waals surface area contributed by atoms with Crippen molar-refractivity contribution in [2.75, 3.05) is 17.7 Å². The lowest BCUT2D eigenvalue weighted by molar-refractivity contribution is 0.357. The van der Waals surface area contributed by atoms with E-state index in [9.17, 15) is 0 Å². The van der Waals surface area contributed by atoms with Crippen molar-refractivity contribution in [2.24, 2.45) is 0 Å². The highest BCUT2D eigenvalue weighted by Crippen LogP contribution is 2.28. The molecule has 1 aliphatic rings. The lowest BCUT2D eigenvalue weighted by atomic mass is 10.1. The second kappa shape index (κ2) is 4.30. The largest absolute Gasteiger partial charge is 0.493 e. The first-order valence-electron chi connectivity index (χ1n) is 5.64. The summed E-state index contributed by atoms with van der Waals surface area (Å²) in [7, 11) is 0. The maximum Gasteiger partial charge on any atom is 0.122 e. The molecule has 0 bridgehead atoms. The predicted octanol–water partition coefficient (Wildman–Crippen LogP) is 2.88. The van der Waals surface area contributed by atoms with Gasteiger partial charge in [0.15, 0.2) is 0 Å². The van der Waals surface area contributed by atoms with Gasteiger partial charge in [-0.3, -0.25) is 0 Å². The fraction of sp³-hybridized carbons (Fsp3) is 0.231. The summed E-state index contributed by atoms with van der Waals surface area (Å²) in [5, 5.41) is 5.41. The summed E-state index contributed by atoms with van der Waals surface area (Å²) in [6.07, 6.45) is 1.01. The molecule has 88 valence electrons. The first kappa shape index (κ1) is 10.5. The van der Waals surface area contributed by atoms with Gasteiger partial charge >= 0.3 is 0 Å². The Labute approximate surface area is 104 Å². The molecular weight excluding hydrogens is 232 g/mol. The Hall–Kier alpha value is -1.68. The Bertz CT molecular complexity index is 536. The lowest BCUT2D eigenvalue weighted by Gasteiger charge is -2.07. The van der Waals surface area contributed by atoms with Crippen LogP contribution >= 0.6 is 11.3 Å². The third kappa shape index (κ3) is 2.08. The van der Waals surface area contributed by atoms with E-state index in [2.05, 4.69) is 11.4 Å². The van der Waals surface area contributed by atoms with E-state index in [1.54, 1.807) is 11.3 Å². The second-order valence-electron chi connectivity index (χ2n) is 4.07. The number of rotatable bonds is 3. The van der Waals surface area contributed by atoms with Crippen LogP contribution in [0.2, 0.25) is 0 Å². The van der Waals surface area contributed by atoms with Crippen LogP contribution in [0.15, 0.2) is 29.6 Å². The van der Waals surface area contributed by atoms with Crippen molar-refractivity contribution in [2.45, 2.75) is 13.0 Å². The van der Waals surface area contributed by atoms with Crippen LogP contribution in [-0.4, -0.2) is 6.61 Å². The molecule has 1 aliphatic heterocycles. The van der Waals surface area contributed by atoms with E-state index in [-0.39, 0.29) is 0 Å². The van der Waals surface area contributed by atoms with E-state index in [4.69, 9.17) is 10.5 Å². The summed E-state index contributed by atoms with van der Waals surface area (Å²) in [5.74, 6) is 1.02. The van der Waals surface area contributed by atoms with E-state index < -0.39 is 0 Å². The zero-order valence-electron chi connectivity index (χ0n) is 9.40. The fourth-order valence-corrected chi connectivity index (χ4v) is 2.71. The van der Waals surface area contributed by atoms with Crippen molar-refractivity contribution in [3.8, 4) is 5.75 Å². The first-order valence-corrected chi connectivity index (χ1v) is 6.52. The number of nitrogens with two attached hydrogens (primary N) is 1. The van der Waals surface area contributed by atoms with Crippen LogP contribution in [0.5, 0.6) is 5.75 Å². The third-order valence-electron chi connectivity index (χ3n) is 2.92. The Balaban J connectivity index is 1.72. The average molecular weight is 246 g/mol. The molecule has 1 aromatic carbocycles. The lowest BCUT2D eigenvalue weighted by Crippen LogP contribution is -2.00. The Morgan fingerprint density at radius 2 is 2.29 bits per heavy atom. The molecule has 2 aromatic rings. The molecule has 3 rings (SSSR count). The Morgan fingerprint density at radius 1 is 1.35 bits per heavy atom. The predicted molar refractivity (Wildman–Crippen MR) is 71.7 cm³/mol. The standard InChI is InChI=1S/C13H14N2OS/c14-11-4-6-17-13(11)8-15-10-1-2-12-9(7-10)3-5-16-12/h1-2,4,6-7,15H,3,5,8,14H2. The van der Waals surface area contributed by atoms with Gasteiger partial charge in [0.2, 0.25) is 0 Å². The third-order valence-corrected chi connectivity index (χ3v) is 3.86. The van der Waals surface area contributed by atoms with Gasteiger partial charge in [-0.2, -0.15) is 0 Å². The number of thiophene rings is 1. The highest BCUT2D eigenvalue weighted by molar-refractivity contribution is 7.10. The number of nitrogens with one attached hydrogen (secondary N) is 1. The molecule has 3 nitrogen and oxygen atoms in total. The van der Waals surface area contributed by atoms with Gasteiger partial charge in [0.05, 0.1) is 13.2 Å². The summed E-state index contributed by atoms with van der Waals surface area (Å²) in [5.41, 5.74) is 9.13. The van der Waals surface area contributed by atoms with Crippen LogP contribution in [0.1, 0.15) is 10.4 Å². The maximum atomic E-state index is 5.85. The molecule has 0 unspecified atom stereocenters. The van der Waals surface area contributed by atoms with Crippen LogP contribution < -0.4 is 15.8 Å². The quantitative estimate of drug-likeness (QED) is 0.875. The fourth-order valence-electron chi connectivity index (χ4n) is 1.97. The van der Waals surface area contributed by atoms with Crippen LogP contribution in [0.3, 0.4) is 0 Å². The summed E-state index contributed by atoms with van der Waals surface area (Å²) in [4.78, 5) is 1.18. The average Bonchev–Trinajstić information content (AvgIpc) is 2.94. The molecule has 4 heteroatoms. The topological polar surface area (TPSA) is 47.3 Å². The molecule has 0 radical (unpaired) electrons. The van der Waals surface area contributed by atoms with E-state index >= 15 is 0 Å². The molecule has 0 atom stereocenters. The van der Waals surface area contributed by atoms with Crippen molar-refractivity contribution in [3.05, 3.63) is 40.1 Å². The minimum Gasteiger partial charge on any atom is -0.493 e. The van der Waals surface area contributed by atoms with Crippen LogP contribution in [0.4, 0.5) is 11.4 Å². The van der Waals surface area contributed by atoms with Crippen molar-refractivity contribution >= 4 is 22.7 Å². The van der Waals surface area contributed by atoms with Crippen LogP contribution in [0.25, 0.3) is 0 Å². The number of anilines is 2. The minimum atomic E-state index is 0.781. The highest BCUT2D eigenvalue weighted by Gasteiger charge is 2.11. The molecule has 0 saturated carbocycles. The first-order chi connectivity index (χ1) is 8.33. The van der Waals surface area contributed by atoms with Gasteiger partial charge in [-0.1, -0.05) is 0 Å². The van der Waals surface area contributed by atoms with Crippen LogP contribution in [0, 0.1) is 0 Å². The smallest absolute Gasteiger partial charge is 0.122 e. The summed E-state index contributed by atoms with van der Waals surface area (Å²) < 4.78 is 5.48. The van der Waals surface area contributed by atoms with Gasteiger partial charge in [0.1, 0.15) is 5.75 Å². The van der Waals surface area contributed by atoms with E-state index in [1.807, 2.05) is 23.6 Å². The molecule has 17 heavy (non-hydrogen) atoms. The van der Waals surface area contributed by atoms with Gasteiger partial charge < -0.3 is 15.8 Å². The number of hydrogen-bond acceptors (Lipinski definition) is 4. The molecular formula is C13H14N2OS. The molecule has 0 saturated heterocycles. The Kier molecular flexibility index (Phi) is 2.65. The number of hydrogen-bond donors (Lipinski definition) is 2. The van der Waals surface area contributed by atoms with E-state index in [0.29, 0.717) is 0 Å². The zero-order chi connectivity index (χ0) is 11.7. The van der Waals surface area contributed by atoms with Gasteiger partial charge in [-0.05, 0) is 35.2 Å². The van der Waals surface area contributed by atoms with Gasteiger partial charge in [-0.15, -0.1) is 11.3 Å². The minimum absolute atomic E-state index is 0.781. The van der Waals surface area contributed by atoms with Gasteiger partial charge in [0.25, 0.3) is 0 Å². The molecule has 2 heterocycles. The molecule has 0 aliphatic carbocycles. The van der Waals surface area contributed by atoms with Crippen LogP contribution in [-0.2, 0) is 13.0 Å². The van der Waals surface area contributed by atoms with E-state index in [1.165, 1.54) is 10.4 Å². The van der Waals surface area contributed by atoms with Crippen molar-refractivity contribution in [3.63, 3.8) is 0 Å². The molecule has 3 N–H and O–H groups in total. The van der Waals surface area contributed by atoms with Crippen molar-refractivity contribution in [1.82, 2.24) is 0 Å². The molecule has 0 fully saturated rings. The normalized spacial score (nSPS) is 13.2. The maximum absolute atomic E-state index is 5.85. The van der Waals surface area contributed by atoms with Crippen molar-refractivity contribution in [1.29, 1.82) is 0 Å². The SMILES string of the molecule is Nc1ccsc1CNc1ccc2c(c1)CCO2. The molecule has 0 spiro atoms. The van der Waals surface area contributed by atoms with Gasteiger partial charge in [0, 0.05) is 22.7 Å². The highest BCUT2D eigenvalue weighted by atomic mass is 32.1. The summed E-state index contributed by atoms with van der Waals surface area (Å²) in [6.45, 7) is 1.58. The van der Waals surface area contributed by atoms with Crippen molar-refractivity contribution < 1.29 is 4.74 Å². The van der Waals surface area contributed by atoms with E-state index in [0.717, 1.165) is 36.7 Å². The monoisotopic (exact) mass is 246 g/mol. The van der Waals surface area contributed by atoms with Gasteiger partial charge in [-0.25, -0.2) is 0 Å².